The molecule has 3 aliphatic rings. The van der Waals surface area contributed by atoms with E-state index in [0.717, 1.165) is 58.5 Å². The van der Waals surface area contributed by atoms with Gasteiger partial charge in [0.25, 0.3) is 0 Å². The van der Waals surface area contributed by atoms with Gasteiger partial charge < -0.3 is 14.7 Å². The molecule has 0 aromatic carbocycles. The molecular formula is C12H19NO3. The zero-order valence-electron chi connectivity index (χ0n) is 9.57. The topological polar surface area (TPSA) is 49.8 Å². The summed E-state index contributed by atoms with van der Waals surface area (Å²) in [5, 5.41) is 9.13. The maximum Gasteiger partial charge on any atom is 0.310 e. The lowest BCUT2D eigenvalue weighted by Crippen LogP contribution is -2.59. The van der Waals surface area contributed by atoms with E-state index in [0.29, 0.717) is 5.41 Å². The Labute approximate surface area is 95.6 Å². The fraction of sp³-hybridized carbons (Fsp3) is 0.917. The second-order valence-corrected chi connectivity index (χ2v) is 5.84. The number of hydrogen-bond acceptors (Lipinski definition) is 3. The molecule has 1 spiro atoms. The minimum Gasteiger partial charge on any atom is -0.481 e. The van der Waals surface area contributed by atoms with Gasteiger partial charge in [-0.05, 0) is 25.7 Å². The number of carbonyl (C=O) groups is 1. The number of aliphatic carboxylic acids is 1. The largest absolute Gasteiger partial charge is 0.481 e. The van der Waals surface area contributed by atoms with E-state index in [1.807, 2.05) is 0 Å². The van der Waals surface area contributed by atoms with Gasteiger partial charge in [-0.15, -0.1) is 0 Å². The lowest BCUT2D eigenvalue weighted by molar-refractivity contribution is -0.147. The fourth-order valence-corrected chi connectivity index (χ4v) is 3.15. The summed E-state index contributed by atoms with van der Waals surface area (Å²) < 4.78 is 5.37. The van der Waals surface area contributed by atoms with E-state index in [1.54, 1.807) is 0 Å². The first-order chi connectivity index (χ1) is 7.64. The Balaban J connectivity index is 1.52. The number of hydrogen-bond donors (Lipinski definition) is 1. The minimum absolute atomic E-state index is 0.382. The van der Waals surface area contributed by atoms with Crippen molar-refractivity contribution in [3.8, 4) is 0 Å². The summed E-state index contributed by atoms with van der Waals surface area (Å²) in [6, 6.07) is 0. The Morgan fingerprint density at radius 2 is 1.81 bits per heavy atom. The molecule has 0 radical (unpaired) electrons. The Morgan fingerprint density at radius 3 is 2.31 bits per heavy atom. The number of likely N-dealkylation sites (tertiary alicyclic amines) is 1. The molecule has 0 aromatic heterocycles. The minimum atomic E-state index is -0.597. The number of ether oxygens (including phenoxy) is 1. The third kappa shape index (κ3) is 1.64. The van der Waals surface area contributed by atoms with Crippen LogP contribution in [-0.2, 0) is 9.53 Å². The van der Waals surface area contributed by atoms with Gasteiger partial charge in [0.15, 0.2) is 0 Å². The number of carboxylic acid groups (broad SMARTS) is 1. The van der Waals surface area contributed by atoms with Crippen molar-refractivity contribution in [2.45, 2.75) is 25.7 Å². The maximum atomic E-state index is 11.1. The van der Waals surface area contributed by atoms with Crippen LogP contribution in [0.3, 0.4) is 0 Å². The zero-order valence-corrected chi connectivity index (χ0v) is 9.57. The Morgan fingerprint density at radius 1 is 1.19 bits per heavy atom. The summed E-state index contributed by atoms with van der Waals surface area (Å²) in [6.07, 6.45) is 4.05. The average molecular weight is 225 g/mol. The second kappa shape index (κ2) is 3.44. The average Bonchev–Trinajstić information content (AvgIpc) is 2.98. The summed E-state index contributed by atoms with van der Waals surface area (Å²) in [5.74, 6) is -0.597. The molecule has 4 heteroatoms. The van der Waals surface area contributed by atoms with Crippen LogP contribution in [0, 0.1) is 10.8 Å². The predicted octanol–water partition coefficient (Wildman–Crippen LogP) is 0.964. The van der Waals surface area contributed by atoms with E-state index in [9.17, 15) is 4.79 Å². The Kier molecular flexibility index (Phi) is 2.27. The van der Waals surface area contributed by atoms with Crippen molar-refractivity contribution in [1.82, 2.24) is 4.90 Å². The van der Waals surface area contributed by atoms with E-state index in [1.165, 1.54) is 0 Å². The van der Waals surface area contributed by atoms with Crippen LogP contribution in [-0.4, -0.2) is 48.8 Å². The van der Waals surface area contributed by atoms with E-state index >= 15 is 0 Å². The second-order valence-electron chi connectivity index (χ2n) is 5.84. The first-order valence-electron chi connectivity index (χ1n) is 6.18. The van der Waals surface area contributed by atoms with Crippen molar-refractivity contribution in [1.29, 1.82) is 0 Å². The van der Waals surface area contributed by atoms with Gasteiger partial charge in [0.2, 0.25) is 0 Å². The third-order valence-electron chi connectivity index (χ3n) is 4.50. The lowest BCUT2D eigenvalue weighted by Gasteiger charge is -2.53. The molecule has 1 N–H and O–H groups in total. The summed E-state index contributed by atoms with van der Waals surface area (Å²) in [6.45, 7) is 4.72. The molecule has 0 bridgehead atoms. The zero-order chi connectivity index (χ0) is 11.2. The molecule has 4 nitrogen and oxygen atoms in total. The van der Waals surface area contributed by atoms with Gasteiger partial charge in [-0.1, -0.05) is 0 Å². The van der Waals surface area contributed by atoms with Gasteiger partial charge in [-0.3, -0.25) is 4.79 Å². The number of nitrogens with zero attached hydrogens (tertiary/aromatic N) is 1. The lowest BCUT2D eigenvalue weighted by atomic mass is 9.73. The van der Waals surface area contributed by atoms with Gasteiger partial charge in [0.05, 0.1) is 5.41 Å². The van der Waals surface area contributed by atoms with E-state index in [-0.39, 0.29) is 5.41 Å². The van der Waals surface area contributed by atoms with Crippen molar-refractivity contribution >= 4 is 5.97 Å². The Hall–Kier alpha value is -0.610. The molecule has 0 aromatic rings. The highest BCUT2D eigenvalue weighted by atomic mass is 16.5. The summed E-state index contributed by atoms with van der Waals surface area (Å²) in [4.78, 5) is 13.4. The molecule has 2 aliphatic heterocycles. The van der Waals surface area contributed by atoms with Crippen LogP contribution in [0.15, 0.2) is 0 Å². The van der Waals surface area contributed by atoms with Crippen molar-refractivity contribution < 1.29 is 14.6 Å². The molecule has 3 rings (SSSR count). The molecular weight excluding hydrogens is 206 g/mol. The SMILES string of the molecule is O=C(O)C1(CN2CC3(CCOCC3)C2)CC1. The smallest absolute Gasteiger partial charge is 0.310 e. The molecule has 0 unspecified atom stereocenters. The first kappa shape index (κ1) is 10.5. The molecule has 2 heterocycles. The summed E-state index contributed by atoms with van der Waals surface area (Å²) in [5.41, 5.74) is 0.0829. The number of carboxylic acids is 1. The molecule has 1 aliphatic carbocycles. The van der Waals surface area contributed by atoms with Crippen LogP contribution in [0.4, 0.5) is 0 Å². The quantitative estimate of drug-likeness (QED) is 0.777. The van der Waals surface area contributed by atoms with Crippen LogP contribution < -0.4 is 0 Å². The summed E-state index contributed by atoms with van der Waals surface area (Å²) >= 11 is 0. The van der Waals surface area contributed by atoms with Gasteiger partial charge in [0, 0.05) is 38.3 Å². The number of rotatable bonds is 3. The van der Waals surface area contributed by atoms with Gasteiger partial charge >= 0.3 is 5.97 Å². The van der Waals surface area contributed by atoms with Crippen molar-refractivity contribution in [2.75, 3.05) is 32.8 Å². The molecule has 16 heavy (non-hydrogen) atoms. The first-order valence-corrected chi connectivity index (χ1v) is 6.18. The van der Waals surface area contributed by atoms with Gasteiger partial charge in [0.1, 0.15) is 0 Å². The van der Waals surface area contributed by atoms with Crippen molar-refractivity contribution in [2.24, 2.45) is 10.8 Å². The van der Waals surface area contributed by atoms with Crippen LogP contribution in [0.2, 0.25) is 0 Å². The molecule has 90 valence electrons. The van der Waals surface area contributed by atoms with Crippen LogP contribution in [0.25, 0.3) is 0 Å². The van der Waals surface area contributed by atoms with Gasteiger partial charge in [-0.25, -0.2) is 0 Å². The van der Waals surface area contributed by atoms with Crippen LogP contribution in [0.1, 0.15) is 25.7 Å². The molecule has 3 fully saturated rings. The highest BCUT2D eigenvalue weighted by molar-refractivity contribution is 5.78. The maximum absolute atomic E-state index is 11.1. The van der Waals surface area contributed by atoms with Crippen LogP contribution >= 0.6 is 0 Å². The van der Waals surface area contributed by atoms with Crippen molar-refractivity contribution in [3.63, 3.8) is 0 Å². The van der Waals surface area contributed by atoms with E-state index < -0.39 is 5.97 Å². The predicted molar refractivity (Wildman–Crippen MR) is 58.2 cm³/mol. The monoisotopic (exact) mass is 225 g/mol. The Bertz CT molecular complexity index is 297. The summed E-state index contributed by atoms with van der Waals surface area (Å²) in [7, 11) is 0. The highest BCUT2D eigenvalue weighted by Gasteiger charge is 2.54. The van der Waals surface area contributed by atoms with Gasteiger partial charge in [-0.2, -0.15) is 0 Å². The van der Waals surface area contributed by atoms with Crippen LogP contribution in [0.5, 0.6) is 0 Å². The highest BCUT2D eigenvalue weighted by Crippen LogP contribution is 2.49. The molecule has 1 saturated carbocycles. The molecule has 0 atom stereocenters. The standard InChI is InChI=1S/C12H19NO3/c14-10(15)12(1-2-12)9-13-7-11(8-13)3-5-16-6-4-11/h1-9H2,(H,14,15). The van der Waals surface area contributed by atoms with E-state index in [4.69, 9.17) is 9.84 Å². The molecule has 2 saturated heterocycles. The molecule has 0 amide bonds. The fourth-order valence-electron chi connectivity index (χ4n) is 3.15. The normalized spacial score (nSPS) is 31.0. The van der Waals surface area contributed by atoms with Crippen molar-refractivity contribution in [3.05, 3.63) is 0 Å². The third-order valence-corrected chi connectivity index (χ3v) is 4.50. The van der Waals surface area contributed by atoms with E-state index in [2.05, 4.69) is 4.90 Å².